The first kappa shape index (κ1) is 29.8. The van der Waals surface area contributed by atoms with Crippen molar-refractivity contribution in [2.24, 2.45) is 0 Å². The summed E-state index contributed by atoms with van der Waals surface area (Å²) in [4.78, 5) is 37.1. The van der Waals surface area contributed by atoms with E-state index < -0.39 is 11.6 Å². The number of benzene rings is 3. The molecule has 5 aromatic rings. The molecule has 1 aliphatic heterocycles. The molecule has 0 aliphatic carbocycles. The molecular weight excluding hydrogens is 597 g/mol. The minimum Gasteiger partial charge on any atom is -0.497 e. The van der Waals surface area contributed by atoms with Gasteiger partial charge in [-0.25, -0.2) is 0 Å². The van der Waals surface area contributed by atoms with Gasteiger partial charge in [0.05, 0.1) is 17.2 Å². The van der Waals surface area contributed by atoms with Crippen LogP contribution in [0.15, 0.2) is 85.2 Å². The molecule has 0 bridgehead atoms. The minimum absolute atomic E-state index is 0.210. The zero-order valence-electron chi connectivity index (χ0n) is 24.4. The Labute approximate surface area is 265 Å². The second-order valence-corrected chi connectivity index (χ2v) is 11.8. The summed E-state index contributed by atoms with van der Waals surface area (Å²) in [5.41, 5.74) is 2.78. The van der Waals surface area contributed by atoms with Gasteiger partial charge in [0.25, 0.3) is 0 Å². The summed E-state index contributed by atoms with van der Waals surface area (Å²) in [5.74, 6) is -0.773. The van der Waals surface area contributed by atoms with Crippen molar-refractivity contribution in [1.29, 1.82) is 0 Å². The van der Waals surface area contributed by atoms with Crippen molar-refractivity contribution < 1.29 is 14.3 Å². The second-order valence-electron chi connectivity index (χ2n) is 11.0. The first-order chi connectivity index (χ1) is 21.3. The third-order valence-corrected chi connectivity index (χ3v) is 9.03. The number of H-pyrrole nitrogens is 2. The summed E-state index contributed by atoms with van der Waals surface area (Å²) in [5, 5.41) is 9.07. The van der Waals surface area contributed by atoms with Crippen LogP contribution in [0, 0.1) is 0 Å². The average Bonchev–Trinajstić information content (AvgIpc) is 3.66. The van der Waals surface area contributed by atoms with Gasteiger partial charge >= 0.3 is 0 Å². The number of ether oxygens (including phenoxy) is 1. The lowest BCUT2D eigenvalue weighted by Gasteiger charge is -2.49. The van der Waals surface area contributed by atoms with Gasteiger partial charge in [-0.1, -0.05) is 59.6 Å². The van der Waals surface area contributed by atoms with Gasteiger partial charge in [-0.05, 0) is 53.9 Å². The molecule has 6 rings (SSSR count). The smallest absolute Gasteiger partial charge is 0.232 e. The van der Waals surface area contributed by atoms with E-state index in [1.54, 1.807) is 19.2 Å². The fourth-order valence-corrected chi connectivity index (χ4v) is 6.65. The number of aromatic amines is 2. The number of carbonyl (C=O) groups is 2. The number of rotatable bonds is 9. The molecule has 8 nitrogen and oxygen atoms in total. The Kier molecular flexibility index (Phi) is 8.40. The molecule has 2 amide bonds. The van der Waals surface area contributed by atoms with Crippen molar-refractivity contribution in [3.63, 3.8) is 0 Å². The predicted molar refractivity (Wildman–Crippen MR) is 175 cm³/mol. The van der Waals surface area contributed by atoms with E-state index >= 15 is 0 Å². The number of methoxy groups -OCH3 is 1. The quantitative estimate of drug-likeness (QED) is 0.138. The van der Waals surface area contributed by atoms with Crippen LogP contribution in [0.4, 0.5) is 0 Å². The van der Waals surface area contributed by atoms with E-state index in [0.29, 0.717) is 28.9 Å². The predicted octanol–water partition coefficient (Wildman–Crippen LogP) is 6.62. The number of nitrogens with zero attached hydrogens (tertiary/aromatic N) is 1. The van der Waals surface area contributed by atoms with E-state index in [1.807, 2.05) is 60.9 Å². The van der Waals surface area contributed by atoms with Gasteiger partial charge in [-0.15, -0.1) is 0 Å². The summed E-state index contributed by atoms with van der Waals surface area (Å²) < 4.78 is 5.58. The number of aromatic nitrogens is 2. The number of fused-ring (bicyclic) bond motifs is 2. The summed E-state index contributed by atoms with van der Waals surface area (Å²) in [6, 6.07) is 18.9. The summed E-state index contributed by atoms with van der Waals surface area (Å²) in [6.07, 6.45) is 8.74. The Morgan fingerprint density at radius 3 is 2.52 bits per heavy atom. The second kappa shape index (κ2) is 12.4. The van der Waals surface area contributed by atoms with Crippen molar-refractivity contribution in [1.82, 2.24) is 25.5 Å². The van der Waals surface area contributed by atoms with E-state index in [0.717, 1.165) is 44.9 Å². The zero-order valence-corrected chi connectivity index (χ0v) is 25.9. The van der Waals surface area contributed by atoms with Crippen molar-refractivity contribution in [2.75, 3.05) is 20.2 Å². The van der Waals surface area contributed by atoms with Gasteiger partial charge in [0, 0.05) is 66.3 Å². The SMILES string of the molecule is COc1ccc2[nH]cc(C(C(=O)NCc3ccc(Cl)c(Cl)c3)C(NC(C)=O)(c3c[nH]c4ccccc34)N3CC=CCC3)c2c1. The van der Waals surface area contributed by atoms with Crippen molar-refractivity contribution >= 4 is 56.8 Å². The molecule has 2 aromatic heterocycles. The molecule has 10 heteroatoms. The molecule has 0 spiro atoms. The number of hydrogen-bond acceptors (Lipinski definition) is 4. The Morgan fingerprint density at radius 1 is 0.977 bits per heavy atom. The Hall–Kier alpha value is -4.24. The van der Waals surface area contributed by atoms with Crippen molar-refractivity contribution in [3.05, 3.63) is 112 Å². The van der Waals surface area contributed by atoms with Gasteiger partial charge in [-0.2, -0.15) is 0 Å². The minimum atomic E-state index is -1.28. The maximum Gasteiger partial charge on any atom is 0.232 e. The number of nitrogens with one attached hydrogen (secondary N) is 4. The molecule has 0 radical (unpaired) electrons. The summed E-state index contributed by atoms with van der Waals surface area (Å²) in [7, 11) is 1.61. The topological polar surface area (TPSA) is 102 Å². The van der Waals surface area contributed by atoms with Crippen LogP contribution >= 0.6 is 23.2 Å². The van der Waals surface area contributed by atoms with Gasteiger partial charge in [-0.3, -0.25) is 14.5 Å². The Bertz CT molecular complexity index is 1880. The van der Waals surface area contributed by atoms with Crippen LogP contribution in [-0.4, -0.2) is 46.9 Å². The van der Waals surface area contributed by atoms with Gasteiger partial charge in [0.15, 0.2) is 0 Å². The van der Waals surface area contributed by atoms with Gasteiger partial charge < -0.3 is 25.3 Å². The van der Waals surface area contributed by atoms with Crippen LogP contribution in [0.25, 0.3) is 21.8 Å². The maximum absolute atomic E-state index is 14.8. The highest BCUT2D eigenvalue weighted by molar-refractivity contribution is 6.42. The highest BCUT2D eigenvalue weighted by Gasteiger charge is 2.52. The van der Waals surface area contributed by atoms with Crippen LogP contribution in [0.3, 0.4) is 0 Å². The maximum atomic E-state index is 14.8. The van der Waals surface area contributed by atoms with Crippen LogP contribution in [0.1, 0.15) is 36.0 Å². The monoisotopic (exact) mass is 629 g/mol. The number of halogens is 2. The third-order valence-electron chi connectivity index (χ3n) is 8.29. The highest BCUT2D eigenvalue weighted by atomic mass is 35.5. The molecule has 0 fully saturated rings. The van der Waals surface area contributed by atoms with E-state index in [2.05, 4.69) is 37.7 Å². The largest absolute Gasteiger partial charge is 0.497 e. The highest BCUT2D eigenvalue weighted by Crippen LogP contribution is 2.46. The number of para-hydroxylation sites is 1. The van der Waals surface area contributed by atoms with E-state index in [1.165, 1.54) is 6.92 Å². The normalized spacial score (nSPS) is 15.6. The number of amides is 2. The Balaban J connectivity index is 1.60. The van der Waals surface area contributed by atoms with Crippen LogP contribution < -0.4 is 15.4 Å². The fourth-order valence-electron chi connectivity index (χ4n) is 6.33. The molecule has 0 saturated carbocycles. The lowest BCUT2D eigenvalue weighted by molar-refractivity contribution is -0.132. The Morgan fingerprint density at radius 2 is 1.77 bits per heavy atom. The third kappa shape index (κ3) is 5.45. The number of hydrogen-bond donors (Lipinski definition) is 4. The molecule has 44 heavy (non-hydrogen) atoms. The molecule has 2 atom stereocenters. The fraction of sp³-hybridized carbons (Fsp3) is 0.235. The first-order valence-corrected chi connectivity index (χ1v) is 15.2. The molecule has 3 aromatic carbocycles. The molecule has 4 N–H and O–H groups in total. The average molecular weight is 631 g/mol. The van der Waals surface area contributed by atoms with Crippen LogP contribution in [0.5, 0.6) is 5.75 Å². The van der Waals surface area contributed by atoms with Crippen LogP contribution in [0.2, 0.25) is 10.0 Å². The molecule has 2 unspecified atom stereocenters. The number of carbonyl (C=O) groups excluding carboxylic acids is 2. The van der Waals surface area contributed by atoms with Gasteiger partial charge in [0.2, 0.25) is 11.8 Å². The van der Waals surface area contributed by atoms with E-state index in [-0.39, 0.29) is 18.4 Å². The van der Waals surface area contributed by atoms with E-state index in [4.69, 9.17) is 27.9 Å². The molecule has 3 heterocycles. The van der Waals surface area contributed by atoms with Crippen LogP contribution in [-0.2, 0) is 21.8 Å². The van der Waals surface area contributed by atoms with E-state index in [9.17, 15) is 9.59 Å². The zero-order chi connectivity index (χ0) is 30.8. The van der Waals surface area contributed by atoms with Crippen molar-refractivity contribution in [3.8, 4) is 5.75 Å². The molecule has 226 valence electrons. The molecular formula is C34H33Cl2N5O3. The first-order valence-electron chi connectivity index (χ1n) is 14.4. The molecule has 1 aliphatic rings. The van der Waals surface area contributed by atoms with Gasteiger partial charge in [0.1, 0.15) is 17.3 Å². The summed E-state index contributed by atoms with van der Waals surface area (Å²) >= 11 is 12.5. The lowest BCUT2D eigenvalue weighted by Crippen LogP contribution is -2.64. The standard InChI is InChI=1S/C34H33Cl2N5O3/c1-21(42)40-34(41-14-6-3-7-15-41,27-20-38-30-9-5-4-8-24(27)30)32(26-19-37-31-13-11-23(44-2)17-25(26)31)33(43)39-18-22-10-12-28(35)29(36)16-22/h3-6,8-13,16-17,19-20,32,37-38H,7,14-15,18H2,1-2H3,(H,39,43)(H,40,42). The summed E-state index contributed by atoms with van der Waals surface area (Å²) in [6.45, 7) is 2.86. The molecule has 0 saturated heterocycles. The van der Waals surface area contributed by atoms with Crippen molar-refractivity contribution in [2.45, 2.75) is 31.5 Å². The lowest BCUT2D eigenvalue weighted by atomic mass is 9.77.